The molecule has 3 heterocycles. The summed E-state index contributed by atoms with van der Waals surface area (Å²) in [4.78, 5) is 28.6. The van der Waals surface area contributed by atoms with Gasteiger partial charge in [-0.2, -0.15) is 4.98 Å². The molecule has 0 bridgehead atoms. The summed E-state index contributed by atoms with van der Waals surface area (Å²) in [7, 11) is 3.71. The summed E-state index contributed by atoms with van der Waals surface area (Å²) in [6.45, 7) is 2.44. The maximum atomic E-state index is 14.1. The monoisotopic (exact) mass is 373 g/mol. The van der Waals surface area contributed by atoms with E-state index >= 15 is 0 Å². The van der Waals surface area contributed by atoms with E-state index in [0.717, 1.165) is 5.56 Å². The van der Waals surface area contributed by atoms with Gasteiger partial charge in [0.15, 0.2) is 0 Å². The Balaban J connectivity index is 1.64. The molecule has 0 aromatic carbocycles. The van der Waals surface area contributed by atoms with Crippen LogP contribution in [0.5, 0.6) is 0 Å². The minimum atomic E-state index is -0.958. The van der Waals surface area contributed by atoms with Crippen molar-refractivity contribution in [1.29, 1.82) is 0 Å². The van der Waals surface area contributed by atoms with Crippen LogP contribution < -0.4 is 20.4 Å². The van der Waals surface area contributed by atoms with Crippen molar-refractivity contribution < 1.29 is 9.18 Å². The van der Waals surface area contributed by atoms with E-state index in [2.05, 4.69) is 25.6 Å². The summed E-state index contributed by atoms with van der Waals surface area (Å²) in [5.74, 6) is 1.22. The Hall–Kier alpha value is -2.97. The molecule has 2 atom stereocenters. The van der Waals surface area contributed by atoms with Crippen LogP contribution in [-0.2, 0) is 0 Å². The quantitative estimate of drug-likeness (QED) is 0.834. The fourth-order valence-electron chi connectivity index (χ4n) is 3.04. The van der Waals surface area contributed by atoms with Gasteiger partial charge in [0.1, 0.15) is 12.0 Å². The smallest absolute Gasteiger partial charge is 0.319 e. The maximum absolute atomic E-state index is 14.1. The summed E-state index contributed by atoms with van der Waals surface area (Å²) < 4.78 is 14.1. The number of aryl methyl sites for hydroxylation is 1. The van der Waals surface area contributed by atoms with Gasteiger partial charge in [-0.05, 0) is 24.6 Å². The van der Waals surface area contributed by atoms with Crippen LogP contribution in [0, 0.1) is 6.92 Å². The Labute approximate surface area is 157 Å². The van der Waals surface area contributed by atoms with Crippen LogP contribution in [0.4, 0.5) is 26.6 Å². The van der Waals surface area contributed by atoms with E-state index in [1.54, 1.807) is 35.6 Å². The Morgan fingerprint density at radius 3 is 2.93 bits per heavy atom. The predicted molar refractivity (Wildman–Crippen MR) is 103 cm³/mol. The summed E-state index contributed by atoms with van der Waals surface area (Å²) in [6, 6.07) is 2.99. The average Bonchev–Trinajstić information content (AvgIpc) is 3.03. The molecule has 1 aliphatic heterocycles. The molecule has 0 radical (unpaired) electrons. The third-order valence-corrected chi connectivity index (χ3v) is 4.45. The molecule has 0 saturated carbocycles. The SMILES string of the molecule is Cc1cnccc1NC(=O)NC[C@@H]1C[C@H](F)CN1c1ccnc(N(C)C)n1. The topological polar surface area (TPSA) is 86.3 Å². The first kappa shape index (κ1) is 18.8. The minimum Gasteiger partial charge on any atom is -0.349 e. The van der Waals surface area contributed by atoms with Crippen molar-refractivity contribution in [3.63, 3.8) is 0 Å². The van der Waals surface area contributed by atoms with Gasteiger partial charge in [-0.15, -0.1) is 0 Å². The number of hydrogen-bond acceptors (Lipinski definition) is 6. The molecule has 1 fully saturated rings. The maximum Gasteiger partial charge on any atom is 0.319 e. The molecular weight excluding hydrogens is 349 g/mol. The third-order valence-electron chi connectivity index (χ3n) is 4.45. The van der Waals surface area contributed by atoms with Crippen LogP contribution in [0.3, 0.4) is 0 Å². The van der Waals surface area contributed by atoms with Gasteiger partial charge in [0.05, 0.1) is 12.6 Å². The molecule has 0 spiro atoms. The fraction of sp³-hybridized carbons (Fsp3) is 0.444. The van der Waals surface area contributed by atoms with Crippen molar-refractivity contribution >= 4 is 23.5 Å². The van der Waals surface area contributed by atoms with Crippen LogP contribution in [0.2, 0.25) is 0 Å². The van der Waals surface area contributed by atoms with Crippen LogP contribution in [0.15, 0.2) is 30.7 Å². The zero-order valence-corrected chi connectivity index (χ0v) is 15.7. The van der Waals surface area contributed by atoms with E-state index < -0.39 is 6.17 Å². The van der Waals surface area contributed by atoms with Crippen molar-refractivity contribution in [2.75, 3.05) is 42.3 Å². The van der Waals surface area contributed by atoms with E-state index in [1.165, 1.54) is 0 Å². The first-order chi connectivity index (χ1) is 12.9. The number of carbonyl (C=O) groups excluding carboxylic acids is 1. The Kier molecular flexibility index (Phi) is 5.68. The molecule has 2 aromatic heterocycles. The van der Waals surface area contributed by atoms with Gasteiger partial charge in [-0.25, -0.2) is 14.2 Å². The van der Waals surface area contributed by atoms with Crippen molar-refractivity contribution in [3.05, 3.63) is 36.3 Å². The molecular formula is C18H24FN7O. The van der Waals surface area contributed by atoms with Gasteiger partial charge in [0.2, 0.25) is 5.95 Å². The number of urea groups is 1. The normalized spacial score (nSPS) is 19.0. The number of aromatic nitrogens is 3. The van der Waals surface area contributed by atoms with Crippen LogP contribution >= 0.6 is 0 Å². The molecule has 8 nitrogen and oxygen atoms in total. The average molecular weight is 373 g/mol. The summed E-state index contributed by atoms with van der Waals surface area (Å²) >= 11 is 0. The molecule has 2 N–H and O–H groups in total. The number of carbonyl (C=O) groups is 1. The summed E-state index contributed by atoms with van der Waals surface area (Å²) in [5.41, 5.74) is 1.57. The lowest BCUT2D eigenvalue weighted by Gasteiger charge is -2.26. The number of amides is 2. The van der Waals surface area contributed by atoms with E-state index in [0.29, 0.717) is 30.4 Å². The highest BCUT2D eigenvalue weighted by molar-refractivity contribution is 5.89. The zero-order valence-electron chi connectivity index (χ0n) is 15.7. The van der Waals surface area contributed by atoms with Crippen molar-refractivity contribution in [2.24, 2.45) is 0 Å². The standard InChI is InChI=1S/C18H24FN7O/c1-12-9-20-6-4-15(12)23-18(27)22-10-14-8-13(19)11-26(14)16-5-7-21-17(24-16)25(2)3/h4-7,9,13-14H,8,10-11H2,1-3H3,(H2,20,22,23,27)/t13-,14-/m0/s1. The third kappa shape index (κ3) is 4.60. The number of pyridine rings is 1. The second-order valence-corrected chi connectivity index (χ2v) is 6.77. The number of anilines is 3. The lowest BCUT2D eigenvalue weighted by atomic mass is 10.2. The molecule has 9 heteroatoms. The predicted octanol–water partition coefficient (Wildman–Crippen LogP) is 1.98. The first-order valence-electron chi connectivity index (χ1n) is 8.80. The number of halogens is 1. The van der Waals surface area contributed by atoms with Gasteiger partial charge in [-0.1, -0.05) is 0 Å². The van der Waals surface area contributed by atoms with Crippen LogP contribution in [-0.4, -0.2) is 60.4 Å². The van der Waals surface area contributed by atoms with Crippen LogP contribution in [0.1, 0.15) is 12.0 Å². The second-order valence-electron chi connectivity index (χ2n) is 6.77. The number of nitrogens with one attached hydrogen (secondary N) is 2. The summed E-state index contributed by atoms with van der Waals surface area (Å²) in [5, 5.41) is 5.61. The minimum absolute atomic E-state index is 0.172. The van der Waals surface area contributed by atoms with Crippen LogP contribution in [0.25, 0.3) is 0 Å². The first-order valence-corrected chi connectivity index (χ1v) is 8.80. The van der Waals surface area contributed by atoms with Crippen molar-refractivity contribution in [1.82, 2.24) is 20.3 Å². The largest absolute Gasteiger partial charge is 0.349 e. The number of hydrogen-bond donors (Lipinski definition) is 2. The van der Waals surface area contributed by atoms with Gasteiger partial charge in [0, 0.05) is 51.3 Å². The lowest BCUT2D eigenvalue weighted by Crippen LogP contribution is -2.42. The molecule has 1 aliphatic rings. The molecule has 2 aromatic rings. The molecule has 0 unspecified atom stereocenters. The summed E-state index contributed by atoms with van der Waals surface area (Å²) in [6.07, 6.45) is 4.34. The van der Waals surface area contributed by atoms with Gasteiger partial charge in [0.25, 0.3) is 0 Å². The highest BCUT2D eigenvalue weighted by atomic mass is 19.1. The highest BCUT2D eigenvalue weighted by Gasteiger charge is 2.33. The molecule has 0 aliphatic carbocycles. The molecule has 3 rings (SSSR count). The Morgan fingerprint density at radius 1 is 1.37 bits per heavy atom. The van der Waals surface area contributed by atoms with Gasteiger partial charge >= 0.3 is 6.03 Å². The van der Waals surface area contributed by atoms with E-state index in [-0.39, 0.29) is 18.6 Å². The number of nitrogens with zero attached hydrogens (tertiary/aromatic N) is 5. The second kappa shape index (κ2) is 8.15. The number of rotatable bonds is 5. The number of alkyl halides is 1. The van der Waals surface area contributed by atoms with Gasteiger partial charge in [-0.3, -0.25) is 4.98 Å². The Morgan fingerprint density at radius 2 is 2.19 bits per heavy atom. The Bertz CT molecular complexity index is 801. The highest BCUT2D eigenvalue weighted by Crippen LogP contribution is 2.26. The molecule has 1 saturated heterocycles. The molecule has 144 valence electrons. The van der Waals surface area contributed by atoms with Gasteiger partial charge < -0.3 is 20.4 Å². The van der Waals surface area contributed by atoms with Crippen molar-refractivity contribution in [2.45, 2.75) is 25.6 Å². The lowest BCUT2D eigenvalue weighted by molar-refractivity contribution is 0.251. The molecule has 27 heavy (non-hydrogen) atoms. The van der Waals surface area contributed by atoms with E-state index in [9.17, 15) is 9.18 Å². The van der Waals surface area contributed by atoms with E-state index in [4.69, 9.17) is 0 Å². The fourth-order valence-corrected chi connectivity index (χ4v) is 3.04. The zero-order chi connectivity index (χ0) is 19.4. The molecule has 2 amide bonds. The van der Waals surface area contributed by atoms with E-state index in [1.807, 2.05) is 25.9 Å². The van der Waals surface area contributed by atoms with Crippen molar-refractivity contribution in [3.8, 4) is 0 Å².